The molecule has 1 rings (SSSR count). The molecule has 1 heterocycles. The van der Waals surface area contributed by atoms with Crippen molar-refractivity contribution in [2.45, 2.75) is 26.4 Å². The SMILES string of the molecule is CCNC(=NCC(C)(O)c1ccsc1)NCCNS(=O)(=O)CC.I. The monoisotopic (exact) mass is 490 g/mol. The quantitative estimate of drug-likeness (QED) is 0.180. The van der Waals surface area contributed by atoms with Gasteiger partial charge in [0.25, 0.3) is 0 Å². The molecule has 0 aliphatic heterocycles. The lowest BCUT2D eigenvalue weighted by atomic mass is 10.00. The van der Waals surface area contributed by atoms with Gasteiger partial charge in [-0.1, -0.05) is 0 Å². The van der Waals surface area contributed by atoms with Crippen LogP contribution in [0.4, 0.5) is 0 Å². The van der Waals surface area contributed by atoms with Crippen LogP contribution in [0, 0.1) is 0 Å². The number of sulfonamides is 1. The zero-order chi connectivity index (χ0) is 17.3. The lowest BCUT2D eigenvalue weighted by molar-refractivity contribution is 0.0677. The smallest absolute Gasteiger partial charge is 0.211 e. The molecule has 1 atom stereocenters. The number of rotatable bonds is 9. The van der Waals surface area contributed by atoms with E-state index in [9.17, 15) is 13.5 Å². The van der Waals surface area contributed by atoms with Crippen LogP contribution < -0.4 is 15.4 Å². The van der Waals surface area contributed by atoms with Gasteiger partial charge in [-0.2, -0.15) is 11.3 Å². The number of hydrogen-bond donors (Lipinski definition) is 4. The Morgan fingerprint density at radius 1 is 1.33 bits per heavy atom. The summed E-state index contributed by atoms with van der Waals surface area (Å²) in [7, 11) is -3.18. The van der Waals surface area contributed by atoms with E-state index in [1.54, 1.807) is 13.8 Å². The summed E-state index contributed by atoms with van der Waals surface area (Å²) in [6.07, 6.45) is 0. The van der Waals surface area contributed by atoms with Gasteiger partial charge in [-0.3, -0.25) is 0 Å². The second-order valence-electron chi connectivity index (χ2n) is 5.21. The third-order valence-electron chi connectivity index (χ3n) is 3.15. The molecule has 0 radical (unpaired) electrons. The minimum Gasteiger partial charge on any atom is -0.383 e. The lowest BCUT2D eigenvalue weighted by Crippen LogP contribution is -2.42. The molecular weight excluding hydrogens is 463 g/mol. The van der Waals surface area contributed by atoms with E-state index in [1.165, 1.54) is 11.3 Å². The summed E-state index contributed by atoms with van der Waals surface area (Å²) in [4.78, 5) is 4.37. The van der Waals surface area contributed by atoms with E-state index in [1.807, 2.05) is 23.8 Å². The summed E-state index contributed by atoms with van der Waals surface area (Å²) < 4.78 is 25.2. The number of thiophene rings is 1. The summed E-state index contributed by atoms with van der Waals surface area (Å²) in [6, 6.07) is 1.88. The summed E-state index contributed by atoms with van der Waals surface area (Å²) in [5, 5.41) is 20.4. The number of halogens is 1. The number of guanidine groups is 1. The number of nitrogens with one attached hydrogen (secondary N) is 3. The van der Waals surface area contributed by atoms with Crippen molar-refractivity contribution in [3.63, 3.8) is 0 Å². The van der Waals surface area contributed by atoms with Crippen molar-refractivity contribution in [2.75, 3.05) is 31.9 Å². The van der Waals surface area contributed by atoms with Gasteiger partial charge in [0.1, 0.15) is 5.60 Å². The van der Waals surface area contributed by atoms with Gasteiger partial charge < -0.3 is 15.7 Å². The first-order chi connectivity index (χ1) is 10.8. The highest BCUT2D eigenvalue weighted by Crippen LogP contribution is 2.23. The Hall–Kier alpha value is -0.430. The Morgan fingerprint density at radius 3 is 2.58 bits per heavy atom. The maximum absolute atomic E-state index is 11.3. The molecule has 24 heavy (non-hydrogen) atoms. The highest BCUT2D eigenvalue weighted by atomic mass is 127. The Morgan fingerprint density at radius 2 is 2.04 bits per heavy atom. The first kappa shape index (κ1) is 23.6. The minimum absolute atomic E-state index is 0. The largest absolute Gasteiger partial charge is 0.383 e. The summed E-state index contributed by atoms with van der Waals surface area (Å²) in [6.45, 7) is 6.82. The second kappa shape index (κ2) is 11.2. The van der Waals surface area contributed by atoms with Crippen LogP contribution >= 0.6 is 35.3 Å². The maximum atomic E-state index is 11.3. The standard InChI is InChI=1S/C14H26N4O3S2.HI/c1-4-15-13(16-7-8-18-23(20,21)5-2)17-11-14(3,19)12-6-9-22-10-12;/h6,9-10,18-19H,4-5,7-8,11H2,1-3H3,(H2,15,16,17);1H. The van der Waals surface area contributed by atoms with E-state index in [4.69, 9.17) is 0 Å². The normalized spacial score (nSPS) is 14.6. The molecule has 0 aliphatic carbocycles. The topological polar surface area (TPSA) is 103 Å². The van der Waals surface area contributed by atoms with Gasteiger partial charge in [-0.25, -0.2) is 18.1 Å². The number of aliphatic imine (C=N–C) groups is 1. The fourth-order valence-electron chi connectivity index (χ4n) is 1.73. The van der Waals surface area contributed by atoms with E-state index in [-0.39, 0.29) is 42.8 Å². The zero-order valence-corrected chi connectivity index (χ0v) is 18.2. The molecule has 0 aliphatic rings. The molecule has 1 unspecified atom stereocenters. The van der Waals surface area contributed by atoms with Gasteiger partial charge in [-0.05, 0) is 43.2 Å². The molecule has 10 heteroatoms. The number of hydrogen-bond acceptors (Lipinski definition) is 5. The fraction of sp³-hybridized carbons (Fsp3) is 0.643. The van der Waals surface area contributed by atoms with E-state index in [2.05, 4.69) is 20.3 Å². The molecule has 0 spiro atoms. The van der Waals surface area contributed by atoms with E-state index >= 15 is 0 Å². The van der Waals surface area contributed by atoms with Crippen LogP contribution in [0.1, 0.15) is 26.3 Å². The average molecular weight is 490 g/mol. The van der Waals surface area contributed by atoms with Crippen LogP contribution in [0.2, 0.25) is 0 Å². The van der Waals surface area contributed by atoms with Gasteiger partial charge in [0, 0.05) is 19.6 Å². The minimum atomic E-state index is -3.18. The predicted molar refractivity (Wildman–Crippen MR) is 111 cm³/mol. The van der Waals surface area contributed by atoms with Gasteiger partial charge >= 0.3 is 0 Å². The second-order valence-corrected chi connectivity index (χ2v) is 8.08. The lowest BCUT2D eigenvalue weighted by Gasteiger charge is -2.21. The third kappa shape index (κ3) is 8.60. The highest BCUT2D eigenvalue weighted by molar-refractivity contribution is 14.0. The maximum Gasteiger partial charge on any atom is 0.211 e. The highest BCUT2D eigenvalue weighted by Gasteiger charge is 2.23. The molecule has 0 aromatic carbocycles. The predicted octanol–water partition coefficient (Wildman–Crippen LogP) is 1.07. The molecule has 140 valence electrons. The van der Waals surface area contributed by atoms with Gasteiger partial charge in [0.15, 0.2) is 5.96 Å². The Labute approximate surface area is 165 Å². The van der Waals surface area contributed by atoms with Crippen LogP contribution in [0.3, 0.4) is 0 Å². The number of nitrogens with zero attached hydrogens (tertiary/aromatic N) is 1. The molecular formula is C14H27IN4O3S2. The molecule has 4 N–H and O–H groups in total. The van der Waals surface area contributed by atoms with Crippen LogP contribution in [0.15, 0.2) is 21.8 Å². The van der Waals surface area contributed by atoms with Gasteiger partial charge in [0.2, 0.25) is 10.0 Å². The van der Waals surface area contributed by atoms with Crippen molar-refractivity contribution < 1.29 is 13.5 Å². The van der Waals surface area contributed by atoms with Gasteiger partial charge in [-0.15, -0.1) is 24.0 Å². The van der Waals surface area contributed by atoms with Crippen LogP contribution in [-0.2, 0) is 15.6 Å². The summed E-state index contributed by atoms with van der Waals surface area (Å²) in [5.74, 6) is 0.601. The molecule has 0 saturated heterocycles. The first-order valence-corrected chi connectivity index (χ1v) is 10.1. The molecule has 1 aromatic heterocycles. The third-order valence-corrected chi connectivity index (χ3v) is 5.24. The van der Waals surface area contributed by atoms with Crippen molar-refractivity contribution in [3.05, 3.63) is 22.4 Å². The first-order valence-electron chi connectivity index (χ1n) is 7.55. The van der Waals surface area contributed by atoms with E-state index in [0.29, 0.717) is 19.0 Å². The molecule has 0 fully saturated rings. The van der Waals surface area contributed by atoms with Gasteiger partial charge in [0.05, 0.1) is 12.3 Å². The van der Waals surface area contributed by atoms with Crippen molar-refractivity contribution >= 4 is 51.3 Å². The van der Waals surface area contributed by atoms with Crippen molar-refractivity contribution in [1.82, 2.24) is 15.4 Å². The Kier molecular flexibility index (Phi) is 11.0. The number of aliphatic hydroxyl groups is 1. The van der Waals surface area contributed by atoms with E-state index in [0.717, 1.165) is 5.56 Å². The van der Waals surface area contributed by atoms with Crippen molar-refractivity contribution in [3.8, 4) is 0 Å². The Balaban J connectivity index is 0.00000529. The summed E-state index contributed by atoms with van der Waals surface area (Å²) >= 11 is 1.53. The van der Waals surface area contributed by atoms with Crippen LogP contribution in [-0.4, -0.2) is 51.4 Å². The Bertz CT molecular complexity index is 589. The molecule has 0 bridgehead atoms. The van der Waals surface area contributed by atoms with Crippen LogP contribution in [0.25, 0.3) is 0 Å². The molecule has 0 saturated carbocycles. The van der Waals surface area contributed by atoms with Crippen LogP contribution in [0.5, 0.6) is 0 Å². The molecule has 0 amide bonds. The molecule has 7 nitrogen and oxygen atoms in total. The van der Waals surface area contributed by atoms with E-state index < -0.39 is 15.6 Å². The molecule has 1 aromatic rings. The average Bonchev–Trinajstić information content (AvgIpc) is 3.04. The fourth-order valence-corrected chi connectivity index (χ4v) is 3.13. The van der Waals surface area contributed by atoms with Crippen molar-refractivity contribution in [2.24, 2.45) is 4.99 Å². The summed E-state index contributed by atoms with van der Waals surface area (Å²) in [5.41, 5.74) is -0.204. The van der Waals surface area contributed by atoms with Crippen molar-refractivity contribution in [1.29, 1.82) is 0 Å². The zero-order valence-electron chi connectivity index (χ0n) is 14.2.